The molecule has 27 heteroatoms. The molecule has 0 bridgehead atoms. The van der Waals surface area contributed by atoms with Gasteiger partial charge in [0.2, 0.25) is 11.1 Å². The Morgan fingerprint density at radius 2 is 0.823 bits per heavy atom. The summed E-state index contributed by atoms with van der Waals surface area (Å²) >= 11 is 0. The molecule has 8 aromatic heterocycles. The fourth-order valence-corrected chi connectivity index (χ4v) is 16.4. The summed E-state index contributed by atoms with van der Waals surface area (Å²) < 4.78 is 80.3. The van der Waals surface area contributed by atoms with E-state index in [-0.39, 0.29) is 55.8 Å². The largest absolute Gasteiger partial charge is 0.493 e. The molecule has 19 rings (SSSR count). The maximum atomic E-state index is 12.9. The topological polar surface area (TPSA) is 312 Å². The quantitative estimate of drug-likeness (QED) is 0.0597. The number of hydrogen-bond acceptors (Lipinski definition) is 23. The standard InChI is InChI=1S/C19H19NO2.C17H15NO2.C14H14F3NO2.C14H15N3O.C14H18N2O.C14H15NO2.C13H14O3.C9H6O2/c1-3-20(13-15-7-5-4-6-8-15)16-9-10-17-14(2)11-19(21)22-18(17)12-16;1-12-9-17(19)20-16-10-14(7-8-15(12)16)18-11-13-5-3-2-4-6-13;1-3-18(4-2)9-5-6-10-11(14(15,16)17)8-13(19)20-12(10)7-9;1-3-17(4-2)12-6-5-10-7-11(9-15)14(16)18-13(10)8-12;1-4-16(5-2)11-6-7-12-10(3)8-14(17)15-13(12)9-11;1-10-8-14(16)17-13-9-11(4-5-12(10)13)15-6-2-3-7-15;1-3-6-15-10-4-5-11-9(2)7-13(14)16-12(11)8-10;10-9-6-5-7-3-1-2-4-8(7)11-9/h4-12H,3,13H2,1-2H3;2-10,18H,11H2,1H3;5-8H,3-4H2,1-2H3;5-8,16H,3-4H2,1-2H3;6-9H,4-5H2,1-3H3,(H,15,17);4-5,8-9H,2-3,6-7H2,1H3;4-5,7-8H,3,6H2,1-2H3;1-6H. The lowest BCUT2D eigenvalue weighted by atomic mass is 10.1. The van der Waals surface area contributed by atoms with Crippen molar-refractivity contribution in [1.29, 1.82) is 10.7 Å². The van der Waals surface area contributed by atoms with Gasteiger partial charge in [0, 0.05) is 228 Å². The number of rotatable bonds is 20. The molecule has 0 aliphatic carbocycles. The van der Waals surface area contributed by atoms with Crippen LogP contribution in [0.5, 0.6) is 5.75 Å². The van der Waals surface area contributed by atoms with Crippen molar-refractivity contribution in [1.82, 2.24) is 4.98 Å². The van der Waals surface area contributed by atoms with Crippen LogP contribution in [0.4, 0.5) is 47.3 Å². The minimum Gasteiger partial charge on any atom is -0.493 e. The van der Waals surface area contributed by atoms with Crippen LogP contribution in [0.1, 0.15) is 125 Å². The number of H-pyrrole nitrogens is 1. The zero-order valence-corrected chi connectivity index (χ0v) is 81.5. The number of nitrogens with zero attached hydrogens (tertiary/aromatic N) is 6. The zero-order valence-electron chi connectivity index (χ0n) is 81.5. The SMILES string of the molecule is CCCOc1ccc2c(C)cc(=O)oc2c1.CCN(CC)c1ccc2c(C(F)(F)F)cc(=O)oc2c1.CCN(CC)c1ccc2c(C)cc(=O)[nH]c2c1.CCN(CC)c1ccc2cc(C#N)c(=N)oc2c1.CCN(Cc1ccccc1)c1ccc2c(C)cc(=O)oc2c1.Cc1cc(=O)oc2cc(N3CCCC3)ccc12.Cc1cc(=O)oc2cc(NCc3ccccc3)ccc12.O=c1ccc2ccccc2o1. The van der Waals surface area contributed by atoms with Gasteiger partial charge in [-0.1, -0.05) is 91.9 Å². The van der Waals surface area contributed by atoms with E-state index in [9.17, 15) is 46.7 Å². The van der Waals surface area contributed by atoms with Crippen molar-refractivity contribution in [3.8, 4) is 11.8 Å². The minimum atomic E-state index is -4.58. The maximum Gasteiger partial charge on any atom is 0.417 e. The molecule has 141 heavy (non-hydrogen) atoms. The molecule has 24 nitrogen and oxygen atoms in total. The maximum absolute atomic E-state index is 12.9. The van der Waals surface area contributed by atoms with Crippen molar-refractivity contribution in [2.75, 3.05) is 95.3 Å². The fraction of sp³-hybridized carbons (Fsp3) is 0.254. The van der Waals surface area contributed by atoms with Gasteiger partial charge in [0.15, 0.2) is 0 Å². The number of ether oxygens (including phenoxy) is 1. The number of fused-ring (bicyclic) bond motifs is 8. The first-order valence-electron chi connectivity index (χ1n) is 47.1. The van der Waals surface area contributed by atoms with Crippen molar-refractivity contribution in [2.24, 2.45) is 0 Å². The Morgan fingerprint density at radius 3 is 1.36 bits per heavy atom. The predicted molar refractivity (Wildman–Crippen MR) is 560 cm³/mol. The molecule has 0 unspecified atom stereocenters. The number of nitrogens with one attached hydrogen (secondary N) is 3. The van der Waals surface area contributed by atoms with E-state index in [1.54, 1.807) is 36.4 Å². The van der Waals surface area contributed by atoms with Crippen LogP contribution in [-0.4, -0.2) is 70.5 Å². The van der Waals surface area contributed by atoms with Crippen LogP contribution in [-0.2, 0) is 19.3 Å². The van der Waals surface area contributed by atoms with Crippen molar-refractivity contribution in [3.05, 3.63) is 395 Å². The van der Waals surface area contributed by atoms with E-state index in [1.165, 1.54) is 66.4 Å². The van der Waals surface area contributed by atoms with E-state index >= 15 is 0 Å². The number of anilines is 6. The third-order valence-electron chi connectivity index (χ3n) is 23.8. The van der Waals surface area contributed by atoms with Crippen LogP contribution in [0.15, 0.2) is 331 Å². The van der Waals surface area contributed by atoms with Gasteiger partial charge in [-0.15, -0.1) is 0 Å². The molecule has 10 aromatic carbocycles. The van der Waals surface area contributed by atoms with Gasteiger partial charge in [-0.05, 0) is 244 Å². The lowest BCUT2D eigenvalue weighted by Crippen LogP contribution is -2.21. The van der Waals surface area contributed by atoms with Crippen LogP contribution in [0.2, 0.25) is 0 Å². The third kappa shape index (κ3) is 27.8. The number of para-hydroxylation sites is 1. The van der Waals surface area contributed by atoms with Crippen molar-refractivity contribution >= 4 is 122 Å². The molecule has 728 valence electrons. The van der Waals surface area contributed by atoms with Crippen molar-refractivity contribution in [2.45, 2.75) is 129 Å². The van der Waals surface area contributed by atoms with E-state index in [0.29, 0.717) is 59.3 Å². The van der Waals surface area contributed by atoms with Gasteiger partial charge in [-0.3, -0.25) is 10.2 Å². The Labute approximate surface area is 812 Å². The van der Waals surface area contributed by atoms with E-state index < -0.39 is 17.4 Å². The number of halogens is 3. The zero-order chi connectivity index (χ0) is 101. The Hall–Kier alpha value is -16.2. The molecule has 0 atom stereocenters. The average Bonchev–Trinajstić information content (AvgIpc) is 1.11. The second-order valence-electron chi connectivity index (χ2n) is 33.4. The summed E-state index contributed by atoms with van der Waals surface area (Å²) in [4.78, 5) is 92.9. The number of alkyl halides is 3. The second kappa shape index (κ2) is 49.2. The van der Waals surface area contributed by atoms with Crippen LogP contribution in [0, 0.1) is 51.4 Å². The predicted octanol–water partition coefficient (Wildman–Crippen LogP) is 24.2. The van der Waals surface area contributed by atoms with E-state index in [1.807, 2.05) is 194 Å². The molecule has 18 aromatic rings. The minimum absolute atomic E-state index is 0.0355. The summed E-state index contributed by atoms with van der Waals surface area (Å²) in [7, 11) is 0. The van der Waals surface area contributed by atoms with E-state index in [2.05, 4.69) is 119 Å². The number of aromatic nitrogens is 1. The normalized spacial score (nSPS) is 11.4. The van der Waals surface area contributed by atoms with Gasteiger partial charge in [0.05, 0.1) is 17.7 Å². The summed E-state index contributed by atoms with van der Waals surface area (Å²) in [6, 6.07) is 83.1. The van der Waals surface area contributed by atoms with E-state index in [4.69, 9.17) is 46.3 Å². The lowest BCUT2D eigenvalue weighted by molar-refractivity contribution is -0.136. The summed E-state index contributed by atoms with van der Waals surface area (Å²) in [6.45, 7) is 36.7. The molecule has 0 spiro atoms. The Morgan fingerprint density at radius 1 is 0.397 bits per heavy atom. The summed E-state index contributed by atoms with van der Waals surface area (Å²) in [5, 5.41) is 26.5. The molecular formula is C114H116F3N9O15. The highest BCUT2D eigenvalue weighted by atomic mass is 19.4. The molecule has 9 heterocycles. The van der Waals surface area contributed by atoms with E-state index in [0.717, 1.165) is 176 Å². The molecule has 1 saturated heterocycles. The van der Waals surface area contributed by atoms with Crippen LogP contribution in [0.3, 0.4) is 0 Å². The van der Waals surface area contributed by atoms with Crippen LogP contribution >= 0.6 is 0 Å². The van der Waals surface area contributed by atoms with Gasteiger partial charge in [-0.2, -0.15) is 18.4 Å². The fourth-order valence-electron chi connectivity index (χ4n) is 16.4. The Kier molecular flexibility index (Phi) is 36.2. The Balaban J connectivity index is 0.000000145. The second-order valence-corrected chi connectivity index (χ2v) is 33.4. The monoisotopic (exact) mass is 1910 g/mol. The molecular weight excluding hydrogens is 1790 g/mol. The van der Waals surface area contributed by atoms with Crippen molar-refractivity contribution in [3.63, 3.8) is 0 Å². The molecule has 1 fully saturated rings. The molecule has 0 amide bonds. The molecule has 1 aliphatic heterocycles. The molecule has 1 aliphatic rings. The number of hydrogen-bond donors (Lipinski definition) is 3. The highest BCUT2D eigenvalue weighted by Gasteiger charge is 2.34. The summed E-state index contributed by atoms with van der Waals surface area (Å²) in [6.07, 6.45) is -1.13. The molecule has 0 saturated carbocycles. The Bertz CT molecular complexity index is 7830. The molecule has 3 N–H and O–H groups in total. The highest BCUT2D eigenvalue weighted by molar-refractivity contribution is 5.89. The number of pyridine rings is 1. The summed E-state index contributed by atoms with van der Waals surface area (Å²) in [5.74, 6) is 0.739. The van der Waals surface area contributed by atoms with Gasteiger partial charge < -0.3 is 70.5 Å². The lowest BCUT2D eigenvalue weighted by Gasteiger charge is -2.23. The van der Waals surface area contributed by atoms with Gasteiger partial charge >= 0.3 is 39.9 Å². The number of nitriles is 1. The van der Waals surface area contributed by atoms with Gasteiger partial charge in [-0.25, -0.2) is 28.8 Å². The van der Waals surface area contributed by atoms with Crippen molar-refractivity contribution < 1.29 is 48.8 Å². The van der Waals surface area contributed by atoms with Crippen LogP contribution < -0.4 is 79.4 Å². The van der Waals surface area contributed by atoms with Gasteiger partial charge in [0.25, 0.3) is 0 Å². The third-order valence-corrected chi connectivity index (χ3v) is 23.8. The van der Waals surface area contributed by atoms with Crippen LogP contribution in [0.25, 0.3) is 87.7 Å². The number of aromatic amines is 1. The summed E-state index contributed by atoms with van der Waals surface area (Å²) in [5.41, 5.74) is 14.8. The average molecular weight is 1910 g/mol. The highest BCUT2D eigenvalue weighted by Crippen LogP contribution is 2.36. The number of aryl methyl sites for hydroxylation is 5. The number of benzene rings is 10. The molecule has 0 radical (unpaired) electrons. The first kappa shape index (κ1) is 104. The van der Waals surface area contributed by atoms with Gasteiger partial charge in [0.1, 0.15) is 56.5 Å². The first-order valence-corrected chi connectivity index (χ1v) is 47.1. The first-order chi connectivity index (χ1) is 67.9. The smallest absolute Gasteiger partial charge is 0.417 e.